The smallest absolute Gasteiger partial charge is 0.310 e. The molecule has 1 aromatic carbocycles. The number of hydrogen-bond acceptors (Lipinski definition) is 3. The molecule has 2 aromatic rings. The number of hydrogen-bond donors (Lipinski definition) is 1. The number of aromatic amines is 1. The van der Waals surface area contributed by atoms with Crippen LogP contribution in [-0.4, -0.2) is 41.5 Å². The molecule has 1 fully saturated rings. The van der Waals surface area contributed by atoms with Gasteiger partial charge in [0.2, 0.25) is 0 Å². The van der Waals surface area contributed by atoms with E-state index in [-0.39, 0.29) is 17.8 Å². The summed E-state index contributed by atoms with van der Waals surface area (Å²) in [7, 11) is 0. The molecule has 0 unspecified atom stereocenters. The lowest BCUT2D eigenvalue weighted by Gasteiger charge is -2.31. The van der Waals surface area contributed by atoms with Crippen molar-refractivity contribution in [1.29, 1.82) is 0 Å². The predicted octanol–water partition coefficient (Wildman–Crippen LogP) is 3.89. The second-order valence-corrected chi connectivity index (χ2v) is 6.66. The number of ether oxygens (including phenoxy) is 1. The topological polar surface area (TPSA) is 62.4 Å². The standard InChI is InChI=1S/C17H18Cl2N2O3/c1-2-24-17(23)10-4-3-7-21(9-10)16(22)15-14(19)12-8-11(18)5-6-13(12)20-15/h5-6,8,10,20H,2-4,7,9H2,1H3/t10-/m0/s1. The van der Waals surface area contributed by atoms with E-state index in [0.717, 1.165) is 18.4 Å². The van der Waals surface area contributed by atoms with Crippen molar-refractivity contribution in [2.75, 3.05) is 19.7 Å². The van der Waals surface area contributed by atoms with Crippen LogP contribution in [0.1, 0.15) is 30.3 Å². The molecule has 1 saturated heterocycles. The average molecular weight is 369 g/mol. The molecular formula is C17H18Cl2N2O3. The van der Waals surface area contributed by atoms with Crippen LogP contribution in [0.3, 0.4) is 0 Å². The van der Waals surface area contributed by atoms with Gasteiger partial charge in [0.05, 0.1) is 17.5 Å². The van der Waals surface area contributed by atoms with Gasteiger partial charge in [0.1, 0.15) is 5.69 Å². The minimum atomic E-state index is -0.278. The molecule has 0 radical (unpaired) electrons. The normalized spacial score (nSPS) is 18.0. The van der Waals surface area contributed by atoms with E-state index in [9.17, 15) is 9.59 Å². The van der Waals surface area contributed by atoms with Gasteiger partial charge < -0.3 is 14.6 Å². The second-order valence-electron chi connectivity index (χ2n) is 5.85. The van der Waals surface area contributed by atoms with Crippen molar-refractivity contribution < 1.29 is 14.3 Å². The summed E-state index contributed by atoms with van der Waals surface area (Å²) in [5.74, 6) is -0.730. The first-order valence-corrected chi connectivity index (χ1v) is 8.69. The zero-order chi connectivity index (χ0) is 17.3. The fourth-order valence-electron chi connectivity index (χ4n) is 3.05. The highest BCUT2D eigenvalue weighted by Gasteiger charge is 2.31. The molecule has 2 heterocycles. The third kappa shape index (κ3) is 3.23. The first kappa shape index (κ1) is 17.1. The Morgan fingerprint density at radius 2 is 2.17 bits per heavy atom. The Morgan fingerprint density at radius 3 is 2.92 bits per heavy atom. The van der Waals surface area contributed by atoms with E-state index in [2.05, 4.69) is 4.98 Å². The van der Waals surface area contributed by atoms with E-state index in [0.29, 0.717) is 40.8 Å². The quantitative estimate of drug-likeness (QED) is 0.835. The summed E-state index contributed by atoms with van der Waals surface area (Å²) in [6, 6.07) is 5.25. The van der Waals surface area contributed by atoms with Crippen molar-refractivity contribution in [3.63, 3.8) is 0 Å². The Labute approximate surface area is 149 Å². The Morgan fingerprint density at radius 1 is 1.38 bits per heavy atom. The van der Waals surface area contributed by atoms with Crippen LogP contribution >= 0.6 is 23.2 Å². The third-order valence-electron chi connectivity index (χ3n) is 4.24. The van der Waals surface area contributed by atoms with Gasteiger partial charge in [-0.2, -0.15) is 0 Å². The van der Waals surface area contributed by atoms with Crippen molar-refractivity contribution >= 4 is 46.0 Å². The van der Waals surface area contributed by atoms with Crippen molar-refractivity contribution in [3.05, 3.63) is 33.9 Å². The zero-order valence-electron chi connectivity index (χ0n) is 13.3. The molecule has 0 bridgehead atoms. The molecule has 1 aliphatic heterocycles. The van der Waals surface area contributed by atoms with Crippen molar-refractivity contribution in [2.45, 2.75) is 19.8 Å². The number of rotatable bonds is 3. The summed E-state index contributed by atoms with van der Waals surface area (Å²) in [5, 5.41) is 1.63. The number of H-pyrrole nitrogens is 1. The maximum absolute atomic E-state index is 12.8. The van der Waals surface area contributed by atoms with E-state index in [1.54, 1.807) is 30.0 Å². The lowest BCUT2D eigenvalue weighted by atomic mass is 9.98. The fraction of sp³-hybridized carbons (Fsp3) is 0.412. The van der Waals surface area contributed by atoms with Gasteiger partial charge in [-0.25, -0.2) is 0 Å². The molecule has 1 amide bonds. The second kappa shape index (κ2) is 7.03. The summed E-state index contributed by atoms with van der Waals surface area (Å²) in [6.45, 7) is 3.07. The van der Waals surface area contributed by atoms with Gasteiger partial charge in [0, 0.05) is 29.0 Å². The maximum atomic E-state index is 12.8. The van der Waals surface area contributed by atoms with Crippen molar-refractivity contribution in [3.8, 4) is 0 Å². The Balaban J connectivity index is 1.83. The number of likely N-dealkylation sites (tertiary alicyclic amines) is 1. The SMILES string of the molecule is CCOC(=O)[C@H]1CCCN(C(=O)c2[nH]c3ccc(Cl)cc3c2Cl)C1. The van der Waals surface area contributed by atoms with E-state index in [4.69, 9.17) is 27.9 Å². The van der Waals surface area contributed by atoms with Crippen molar-refractivity contribution in [2.24, 2.45) is 5.92 Å². The lowest BCUT2D eigenvalue weighted by Crippen LogP contribution is -2.43. The summed E-state index contributed by atoms with van der Waals surface area (Å²) >= 11 is 12.4. The van der Waals surface area contributed by atoms with Gasteiger partial charge in [-0.15, -0.1) is 0 Å². The Hall–Kier alpha value is -1.72. The molecule has 7 heteroatoms. The van der Waals surface area contributed by atoms with E-state index in [1.165, 1.54) is 0 Å². The lowest BCUT2D eigenvalue weighted by molar-refractivity contribution is -0.149. The third-order valence-corrected chi connectivity index (χ3v) is 4.87. The highest BCUT2D eigenvalue weighted by Crippen LogP contribution is 2.31. The van der Waals surface area contributed by atoms with E-state index in [1.807, 2.05) is 0 Å². The molecule has 3 rings (SSSR count). The van der Waals surface area contributed by atoms with Gasteiger partial charge in [-0.1, -0.05) is 23.2 Å². The summed E-state index contributed by atoms with van der Waals surface area (Å²) in [5.41, 5.74) is 1.09. The number of aromatic nitrogens is 1. The molecule has 24 heavy (non-hydrogen) atoms. The number of benzene rings is 1. The molecular weight excluding hydrogens is 351 g/mol. The van der Waals surface area contributed by atoms with Crippen LogP contribution in [0.25, 0.3) is 10.9 Å². The van der Waals surface area contributed by atoms with E-state index >= 15 is 0 Å². The summed E-state index contributed by atoms with van der Waals surface area (Å²) < 4.78 is 5.07. The Kier molecular flexibility index (Phi) is 5.01. The molecule has 128 valence electrons. The minimum Gasteiger partial charge on any atom is -0.466 e. The van der Waals surface area contributed by atoms with Gasteiger partial charge in [0.15, 0.2) is 0 Å². The van der Waals surface area contributed by atoms with Crippen LogP contribution in [0, 0.1) is 5.92 Å². The number of carbonyl (C=O) groups is 2. The van der Waals surface area contributed by atoms with Crippen LogP contribution in [-0.2, 0) is 9.53 Å². The average Bonchev–Trinajstić information content (AvgIpc) is 2.91. The Bertz CT molecular complexity index is 787. The molecule has 0 spiro atoms. The first-order valence-electron chi connectivity index (χ1n) is 7.94. The number of carbonyl (C=O) groups excluding carboxylic acids is 2. The number of amides is 1. The van der Waals surface area contributed by atoms with Crippen molar-refractivity contribution in [1.82, 2.24) is 9.88 Å². The van der Waals surface area contributed by atoms with Crippen LogP contribution < -0.4 is 0 Å². The largest absolute Gasteiger partial charge is 0.466 e. The summed E-state index contributed by atoms with van der Waals surface area (Å²) in [6.07, 6.45) is 1.50. The minimum absolute atomic E-state index is 0.207. The molecule has 1 aromatic heterocycles. The number of nitrogens with zero attached hydrogens (tertiary/aromatic N) is 1. The van der Waals surface area contributed by atoms with Crippen LogP contribution in [0.2, 0.25) is 10.0 Å². The van der Waals surface area contributed by atoms with Gasteiger partial charge in [0.25, 0.3) is 5.91 Å². The number of halogens is 2. The molecule has 0 saturated carbocycles. The van der Waals surface area contributed by atoms with Gasteiger partial charge in [-0.3, -0.25) is 9.59 Å². The fourth-order valence-corrected chi connectivity index (χ4v) is 3.51. The molecule has 0 aliphatic carbocycles. The van der Waals surface area contributed by atoms with Crippen LogP contribution in [0.15, 0.2) is 18.2 Å². The molecule has 1 aliphatic rings. The van der Waals surface area contributed by atoms with Gasteiger partial charge >= 0.3 is 5.97 Å². The monoisotopic (exact) mass is 368 g/mol. The number of esters is 1. The molecule has 1 N–H and O–H groups in total. The van der Waals surface area contributed by atoms with Gasteiger partial charge in [-0.05, 0) is 38.0 Å². The first-order chi connectivity index (χ1) is 11.5. The van der Waals surface area contributed by atoms with Crippen LogP contribution in [0.4, 0.5) is 0 Å². The number of piperidine rings is 1. The zero-order valence-corrected chi connectivity index (χ0v) is 14.8. The number of fused-ring (bicyclic) bond motifs is 1. The maximum Gasteiger partial charge on any atom is 0.310 e. The highest BCUT2D eigenvalue weighted by molar-refractivity contribution is 6.39. The van der Waals surface area contributed by atoms with E-state index < -0.39 is 0 Å². The van der Waals surface area contributed by atoms with Crippen LogP contribution in [0.5, 0.6) is 0 Å². The summed E-state index contributed by atoms with van der Waals surface area (Å²) in [4.78, 5) is 29.5. The predicted molar refractivity (Wildman–Crippen MR) is 93.6 cm³/mol. The number of nitrogens with one attached hydrogen (secondary N) is 1. The molecule has 5 nitrogen and oxygen atoms in total. The molecule has 1 atom stereocenters. The highest BCUT2D eigenvalue weighted by atomic mass is 35.5.